The second kappa shape index (κ2) is 11.7. The molecule has 2 aliphatic heterocycles. The van der Waals surface area contributed by atoms with Crippen LogP contribution in [0.25, 0.3) is 0 Å². The van der Waals surface area contributed by atoms with E-state index in [1.807, 2.05) is 31.2 Å². The summed E-state index contributed by atoms with van der Waals surface area (Å²) in [5.41, 5.74) is 3.39. The summed E-state index contributed by atoms with van der Waals surface area (Å²) in [5, 5.41) is 11.3. The lowest BCUT2D eigenvalue weighted by Crippen LogP contribution is -2.49. The molecule has 44 heavy (non-hydrogen) atoms. The van der Waals surface area contributed by atoms with Gasteiger partial charge in [0, 0.05) is 29.1 Å². The van der Waals surface area contributed by atoms with E-state index in [0.29, 0.717) is 49.1 Å². The number of carbonyl (C=O) groups is 1. The van der Waals surface area contributed by atoms with Crippen LogP contribution in [0.3, 0.4) is 0 Å². The van der Waals surface area contributed by atoms with Crippen molar-refractivity contribution in [3.63, 3.8) is 0 Å². The molecule has 2 N–H and O–H groups in total. The van der Waals surface area contributed by atoms with Crippen molar-refractivity contribution in [2.75, 3.05) is 24.6 Å². The van der Waals surface area contributed by atoms with Crippen molar-refractivity contribution in [1.29, 1.82) is 0 Å². The van der Waals surface area contributed by atoms with Crippen molar-refractivity contribution < 1.29 is 23.1 Å². The van der Waals surface area contributed by atoms with E-state index in [9.17, 15) is 18.3 Å². The molecule has 2 aromatic rings. The number of anilines is 1. The fourth-order valence-corrected chi connectivity index (χ4v) is 10.1. The first-order valence-electron chi connectivity index (χ1n) is 16.3. The number of benzene rings is 2. The van der Waals surface area contributed by atoms with Gasteiger partial charge >= 0.3 is 0 Å². The van der Waals surface area contributed by atoms with Gasteiger partial charge in [-0.2, -0.15) is 0 Å². The SMILES string of the molecule is CC1/C=C\C[C@H](O)C2CCC2CN2C[C@@]3(CCCc4cc(Cl)ccc43)COc3ccc(cc32)C(=O)NS(=O)(=O)[C@H]1CC1CC1. The molecule has 0 radical (unpaired) electrons. The third-order valence-electron chi connectivity index (χ3n) is 11.0. The quantitative estimate of drug-likeness (QED) is 0.391. The summed E-state index contributed by atoms with van der Waals surface area (Å²) in [7, 11) is -3.94. The number of fused-ring (bicyclic) bond motifs is 4. The van der Waals surface area contributed by atoms with E-state index in [0.717, 1.165) is 62.2 Å². The lowest BCUT2D eigenvalue weighted by Gasteiger charge is -2.45. The van der Waals surface area contributed by atoms with Crippen LogP contribution < -0.4 is 14.4 Å². The summed E-state index contributed by atoms with van der Waals surface area (Å²) in [6, 6.07) is 11.5. The number of nitrogens with zero attached hydrogens (tertiary/aromatic N) is 1. The molecule has 2 bridgehead atoms. The Morgan fingerprint density at radius 3 is 2.75 bits per heavy atom. The normalized spacial score (nSPS) is 34.0. The third kappa shape index (κ3) is 5.78. The molecule has 2 saturated carbocycles. The Morgan fingerprint density at radius 2 is 1.98 bits per heavy atom. The standard InChI is InChI=1S/C35H43ClN2O5S/c1-22-4-2-6-31(39)28-12-9-26(28)19-38-20-35(15-3-5-24-17-27(36)11-13-29(24)35)21-43-32-14-10-25(18-30(32)38)34(40)37-44(41,42)33(22)16-23-7-8-23/h2,4,10-11,13-14,17-18,22-23,26,28,31,33,39H,3,5-9,12,15-16,19-21H2,1H3,(H,37,40)/b4-2-/t22?,26?,28?,31-,33-,35-/m0/s1. The van der Waals surface area contributed by atoms with Crippen LogP contribution in [0.2, 0.25) is 5.02 Å². The highest BCUT2D eigenvalue weighted by atomic mass is 35.5. The molecule has 5 aliphatic rings. The van der Waals surface area contributed by atoms with Crippen molar-refractivity contribution in [3.05, 3.63) is 70.3 Å². The van der Waals surface area contributed by atoms with Crippen molar-refractivity contribution in [3.8, 4) is 5.75 Å². The number of ether oxygens (including phenoxy) is 1. The largest absolute Gasteiger partial charge is 0.490 e. The average Bonchev–Trinajstić information content (AvgIpc) is 3.81. The van der Waals surface area contributed by atoms with Gasteiger partial charge in [-0.05, 0) is 110 Å². The molecule has 0 aromatic heterocycles. The lowest BCUT2D eigenvalue weighted by atomic mass is 9.68. The van der Waals surface area contributed by atoms with E-state index in [-0.39, 0.29) is 17.3 Å². The summed E-state index contributed by atoms with van der Waals surface area (Å²) in [5.74, 6) is 0.662. The summed E-state index contributed by atoms with van der Waals surface area (Å²) in [4.78, 5) is 15.9. The van der Waals surface area contributed by atoms with Crippen molar-refractivity contribution in [1.82, 2.24) is 4.72 Å². The Labute approximate surface area is 266 Å². The van der Waals surface area contributed by atoms with Gasteiger partial charge in [0.15, 0.2) is 0 Å². The average molecular weight is 639 g/mol. The minimum atomic E-state index is -3.94. The van der Waals surface area contributed by atoms with Gasteiger partial charge in [0.1, 0.15) is 5.75 Å². The first kappa shape index (κ1) is 30.1. The predicted molar refractivity (Wildman–Crippen MR) is 173 cm³/mol. The van der Waals surface area contributed by atoms with E-state index in [1.54, 1.807) is 12.1 Å². The number of nitrogens with one attached hydrogen (secondary N) is 1. The Hall–Kier alpha value is -2.55. The number of carbonyl (C=O) groups excluding carboxylic acids is 1. The fourth-order valence-electron chi connectivity index (χ4n) is 8.17. The molecule has 2 heterocycles. The molecule has 1 spiro atoms. The van der Waals surface area contributed by atoms with Crippen molar-refractivity contribution in [2.24, 2.45) is 23.7 Å². The molecule has 7 rings (SSSR count). The minimum Gasteiger partial charge on any atom is -0.490 e. The molecule has 2 aromatic carbocycles. The van der Waals surface area contributed by atoms with Gasteiger partial charge in [0.25, 0.3) is 5.91 Å². The van der Waals surface area contributed by atoms with Crippen LogP contribution in [0.4, 0.5) is 5.69 Å². The molecule has 2 fully saturated rings. The van der Waals surface area contributed by atoms with Gasteiger partial charge in [0.2, 0.25) is 10.0 Å². The zero-order valence-corrected chi connectivity index (χ0v) is 27.0. The van der Waals surface area contributed by atoms with Gasteiger partial charge in [-0.25, -0.2) is 13.1 Å². The summed E-state index contributed by atoms with van der Waals surface area (Å²) in [6.45, 7) is 3.85. The Morgan fingerprint density at radius 1 is 1.14 bits per heavy atom. The van der Waals surface area contributed by atoms with Crippen molar-refractivity contribution in [2.45, 2.75) is 81.5 Å². The molecular weight excluding hydrogens is 596 g/mol. The van der Waals surface area contributed by atoms with Crippen LogP contribution in [-0.2, 0) is 21.9 Å². The molecular formula is C35H43ClN2O5S. The van der Waals surface area contributed by atoms with Gasteiger partial charge < -0.3 is 14.7 Å². The van der Waals surface area contributed by atoms with E-state index < -0.39 is 27.3 Å². The zero-order valence-electron chi connectivity index (χ0n) is 25.4. The predicted octanol–water partition coefficient (Wildman–Crippen LogP) is 6.02. The van der Waals surface area contributed by atoms with Crippen LogP contribution in [0.5, 0.6) is 5.75 Å². The molecule has 6 atom stereocenters. The maximum Gasteiger partial charge on any atom is 0.264 e. The summed E-state index contributed by atoms with van der Waals surface area (Å²) >= 11 is 6.41. The monoisotopic (exact) mass is 638 g/mol. The summed E-state index contributed by atoms with van der Waals surface area (Å²) < 4.78 is 36.4. The Balaban J connectivity index is 1.28. The number of sulfonamides is 1. The zero-order chi connectivity index (χ0) is 30.6. The number of aryl methyl sites for hydroxylation is 1. The number of amides is 1. The lowest BCUT2D eigenvalue weighted by molar-refractivity contribution is 0.0177. The highest BCUT2D eigenvalue weighted by Gasteiger charge is 2.44. The molecule has 3 aliphatic carbocycles. The Bertz CT molecular complexity index is 1570. The topological polar surface area (TPSA) is 95.9 Å². The van der Waals surface area contributed by atoms with Crippen LogP contribution in [-0.4, -0.2) is 50.5 Å². The highest BCUT2D eigenvalue weighted by molar-refractivity contribution is 7.90. The molecule has 9 heteroatoms. The van der Waals surface area contributed by atoms with Crippen LogP contribution in [0, 0.1) is 23.7 Å². The first-order valence-corrected chi connectivity index (χ1v) is 18.3. The smallest absolute Gasteiger partial charge is 0.264 e. The number of aliphatic hydroxyl groups excluding tert-OH is 1. The molecule has 1 amide bonds. The van der Waals surface area contributed by atoms with E-state index in [2.05, 4.69) is 21.8 Å². The van der Waals surface area contributed by atoms with Gasteiger partial charge in [-0.1, -0.05) is 49.6 Å². The number of hydrogen-bond acceptors (Lipinski definition) is 6. The van der Waals surface area contributed by atoms with Gasteiger partial charge in [-0.3, -0.25) is 4.79 Å². The first-order chi connectivity index (χ1) is 21.1. The van der Waals surface area contributed by atoms with E-state index >= 15 is 0 Å². The van der Waals surface area contributed by atoms with E-state index in [4.69, 9.17) is 16.3 Å². The molecule has 236 valence electrons. The number of halogens is 1. The maximum absolute atomic E-state index is 13.7. The van der Waals surface area contributed by atoms with Crippen LogP contribution >= 0.6 is 11.6 Å². The second-order valence-electron chi connectivity index (χ2n) is 14.1. The highest BCUT2D eigenvalue weighted by Crippen LogP contribution is 2.47. The molecule has 0 saturated heterocycles. The number of rotatable bonds is 2. The van der Waals surface area contributed by atoms with Crippen molar-refractivity contribution >= 4 is 33.2 Å². The third-order valence-corrected chi connectivity index (χ3v) is 13.1. The molecule has 7 nitrogen and oxygen atoms in total. The van der Waals surface area contributed by atoms with Gasteiger partial charge in [0.05, 0.1) is 23.6 Å². The van der Waals surface area contributed by atoms with Crippen LogP contribution in [0.1, 0.15) is 79.8 Å². The van der Waals surface area contributed by atoms with E-state index in [1.165, 1.54) is 11.1 Å². The summed E-state index contributed by atoms with van der Waals surface area (Å²) in [6.07, 6.45) is 11.5. The number of aliphatic hydroxyl groups is 1. The maximum atomic E-state index is 13.7. The Kier molecular flexibility index (Phi) is 7.99. The second-order valence-corrected chi connectivity index (χ2v) is 16.4. The number of hydrogen-bond donors (Lipinski definition) is 2. The minimum absolute atomic E-state index is 0.168. The molecule has 3 unspecified atom stereocenters. The fraction of sp³-hybridized carbons (Fsp3) is 0.571. The number of allylic oxidation sites excluding steroid dienone is 1. The van der Waals surface area contributed by atoms with Gasteiger partial charge in [-0.15, -0.1) is 0 Å². The van der Waals surface area contributed by atoms with Crippen LogP contribution in [0.15, 0.2) is 48.6 Å².